The predicted molar refractivity (Wildman–Crippen MR) is 49.3 cm³/mol. The largest absolute Gasteiger partial charge is 0.355 e. The Bertz CT molecular complexity index is 250. The zero-order valence-electron chi connectivity index (χ0n) is 7.75. The zero-order chi connectivity index (χ0) is 10.3. The Hall–Kier alpha value is -0.660. The number of carbonyl (C=O) groups is 1. The van der Waals surface area contributed by atoms with E-state index < -0.39 is 10.2 Å². The van der Waals surface area contributed by atoms with Crippen LogP contribution in [-0.2, 0) is 15.0 Å². The molecule has 0 aromatic rings. The molecule has 0 fully saturated rings. The van der Waals surface area contributed by atoms with E-state index in [2.05, 4.69) is 14.8 Å². The minimum absolute atomic E-state index is 0.178. The quantitative estimate of drug-likeness (QED) is 0.468. The molecule has 0 spiro atoms. The molecule has 0 aliphatic heterocycles. The van der Waals surface area contributed by atoms with Crippen LogP contribution in [0.5, 0.6) is 0 Å². The van der Waals surface area contributed by atoms with Gasteiger partial charge in [-0.3, -0.25) is 4.79 Å². The van der Waals surface area contributed by atoms with Crippen molar-refractivity contribution >= 4 is 16.1 Å². The first-order chi connectivity index (χ1) is 5.98. The van der Waals surface area contributed by atoms with Gasteiger partial charge in [-0.25, -0.2) is 9.44 Å². The SMILES string of the molecule is CCNS(=O)(=O)NCCNC(C)=O. The molecule has 7 heteroatoms. The molecule has 1 amide bonds. The van der Waals surface area contributed by atoms with Crippen molar-refractivity contribution in [2.75, 3.05) is 19.6 Å². The first-order valence-corrected chi connectivity index (χ1v) is 5.45. The van der Waals surface area contributed by atoms with Crippen molar-refractivity contribution in [3.05, 3.63) is 0 Å². The van der Waals surface area contributed by atoms with Gasteiger partial charge in [0.1, 0.15) is 0 Å². The van der Waals surface area contributed by atoms with Gasteiger partial charge in [0.2, 0.25) is 5.91 Å². The van der Waals surface area contributed by atoms with Crippen LogP contribution in [0.15, 0.2) is 0 Å². The summed E-state index contributed by atoms with van der Waals surface area (Å²) in [7, 11) is -3.38. The summed E-state index contributed by atoms with van der Waals surface area (Å²) in [6.45, 7) is 3.89. The molecule has 13 heavy (non-hydrogen) atoms. The first kappa shape index (κ1) is 12.3. The van der Waals surface area contributed by atoms with E-state index >= 15 is 0 Å². The van der Waals surface area contributed by atoms with Gasteiger partial charge in [0.05, 0.1) is 0 Å². The monoisotopic (exact) mass is 209 g/mol. The van der Waals surface area contributed by atoms with Gasteiger partial charge in [0.25, 0.3) is 10.2 Å². The smallest absolute Gasteiger partial charge is 0.276 e. The second kappa shape index (κ2) is 5.90. The van der Waals surface area contributed by atoms with Gasteiger partial charge in [-0.15, -0.1) is 0 Å². The number of hydrogen-bond donors (Lipinski definition) is 3. The minimum Gasteiger partial charge on any atom is -0.355 e. The second-order valence-corrected chi connectivity index (χ2v) is 3.96. The molecule has 0 aliphatic carbocycles. The summed E-state index contributed by atoms with van der Waals surface area (Å²) in [6.07, 6.45) is 0. The lowest BCUT2D eigenvalue weighted by Crippen LogP contribution is -2.40. The predicted octanol–water partition coefficient (Wildman–Crippen LogP) is -1.43. The van der Waals surface area contributed by atoms with Crippen LogP contribution in [0.4, 0.5) is 0 Å². The van der Waals surface area contributed by atoms with Gasteiger partial charge < -0.3 is 5.32 Å². The van der Waals surface area contributed by atoms with Crippen LogP contribution in [0.2, 0.25) is 0 Å². The zero-order valence-corrected chi connectivity index (χ0v) is 8.57. The summed E-state index contributed by atoms with van der Waals surface area (Å²) in [5, 5.41) is 2.47. The molecule has 0 saturated heterocycles. The lowest BCUT2D eigenvalue weighted by Gasteiger charge is -2.06. The van der Waals surface area contributed by atoms with Gasteiger partial charge in [-0.05, 0) is 0 Å². The maximum Gasteiger partial charge on any atom is 0.276 e. The highest BCUT2D eigenvalue weighted by molar-refractivity contribution is 7.87. The summed E-state index contributed by atoms with van der Waals surface area (Å²) < 4.78 is 26.4. The Morgan fingerprint density at radius 3 is 2.31 bits per heavy atom. The summed E-state index contributed by atoms with van der Waals surface area (Å²) in [5.74, 6) is -0.178. The maximum absolute atomic E-state index is 10.9. The van der Waals surface area contributed by atoms with Crippen LogP contribution in [0.3, 0.4) is 0 Å². The highest BCUT2D eigenvalue weighted by Crippen LogP contribution is 1.73. The second-order valence-electron chi connectivity index (χ2n) is 2.38. The van der Waals surface area contributed by atoms with Crippen LogP contribution in [0.25, 0.3) is 0 Å². The molecule has 0 rings (SSSR count). The topological polar surface area (TPSA) is 87.3 Å². The Balaban J connectivity index is 3.58. The van der Waals surface area contributed by atoms with E-state index in [1.54, 1.807) is 6.92 Å². The molecule has 0 aromatic carbocycles. The van der Waals surface area contributed by atoms with E-state index in [0.29, 0.717) is 13.1 Å². The van der Waals surface area contributed by atoms with E-state index in [4.69, 9.17) is 0 Å². The van der Waals surface area contributed by atoms with Crippen molar-refractivity contribution < 1.29 is 13.2 Å². The van der Waals surface area contributed by atoms with Crippen LogP contribution >= 0.6 is 0 Å². The lowest BCUT2D eigenvalue weighted by molar-refractivity contribution is -0.118. The number of rotatable bonds is 6. The van der Waals surface area contributed by atoms with Gasteiger partial charge in [0.15, 0.2) is 0 Å². The van der Waals surface area contributed by atoms with Gasteiger partial charge >= 0.3 is 0 Å². The maximum atomic E-state index is 10.9. The van der Waals surface area contributed by atoms with Crippen LogP contribution in [0, 0.1) is 0 Å². The number of amides is 1. The molecule has 0 heterocycles. The summed E-state index contributed by atoms with van der Waals surface area (Å²) in [5.41, 5.74) is 0. The highest BCUT2D eigenvalue weighted by Gasteiger charge is 2.05. The lowest BCUT2D eigenvalue weighted by atomic mass is 10.6. The van der Waals surface area contributed by atoms with E-state index in [1.165, 1.54) is 6.92 Å². The molecule has 0 bridgehead atoms. The standard InChI is InChI=1S/C6H15N3O3S/c1-3-8-13(11,12)9-5-4-7-6(2)10/h8-9H,3-5H2,1-2H3,(H,7,10). The molecular weight excluding hydrogens is 194 g/mol. The average molecular weight is 209 g/mol. The van der Waals surface area contributed by atoms with Crippen molar-refractivity contribution in [1.82, 2.24) is 14.8 Å². The van der Waals surface area contributed by atoms with Crippen molar-refractivity contribution in [1.29, 1.82) is 0 Å². The number of carbonyl (C=O) groups excluding carboxylic acids is 1. The van der Waals surface area contributed by atoms with Crippen molar-refractivity contribution in [2.45, 2.75) is 13.8 Å². The van der Waals surface area contributed by atoms with E-state index in [9.17, 15) is 13.2 Å². The van der Waals surface area contributed by atoms with E-state index in [0.717, 1.165) is 0 Å². The molecule has 0 aromatic heterocycles. The van der Waals surface area contributed by atoms with Crippen molar-refractivity contribution in [3.63, 3.8) is 0 Å². The summed E-state index contributed by atoms with van der Waals surface area (Å²) in [6, 6.07) is 0. The molecule has 78 valence electrons. The molecule has 0 saturated carbocycles. The normalized spacial score (nSPS) is 11.2. The van der Waals surface area contributed by atoms with Gasteiger partial charge in [-0.2, -0.15) is 8.42 Å². The Kier molecular flexibility index (Phi) is 5.60. The van der Waals surface area contributed by atoms with E-state index in [-0.39, 0.29) is 12.5 Å². The number of nitrogens with one attached hydrogen (secondary N) is 3. The van der Waals surface area contributed by atoms with Crippen LogP contribution in [0.1, 0.15) is 13.8 Å². The third kappa shape index (κ3) is 7.69. The fraction of sp³-hybridized carbons (Fsp3) is 0.833. The summed E-state index contributed by atoms with van der Waals surface area (Å²) >= 11 is 0. The average Bonchev–Trinajstić information content (AvgIpc) is 1.98. The Labute approximate surface area is 78.3 Å². The fourth-order valence-electron chi connectivity index (χ4n) is 0.665. The molecule has 3 N–H and O–H groups in total. The van der Waals surface area contributed by atoms with Crippen molar-refractivity contribution in [3.8, 4) is 0 Å². The van der Waals surface area contributed by atoms with E-state index in [1.807, 2.05) is 0 Å². The number of hydrogen-bond acceptors (Lipinski definition) is 3. The minimum atomic E-state index is -3.38. The van der Waals surface area contributed by atoms with Crippen LogP contribution in [-0.4, -0.2) is 34.0 Å². The molecule has 6 nitrogen and oxygen atoms in total. The molecule has 0 aliphatic rings. The van der Waals surface area contributed by atoms with Crippen molar-refractivity contribution in [2.24, 2.45) is 0 Å². The van der Waals surface area contributed by atoms with Gasteiger partial charge in [0, 0.05) is 26.6 Å². The summed E-state index contributed by atoms with van der Waals surface area (Å²) in [4.78, 5) is 10.4. The third-order valence-electron chi connectivity index (χ3n) is 1.13. The third-order valence-corrected chi connectivity index (χ3v) is 2.38. The molecule has 0 unspecified atom stereocenters. The Morgan fingerprint density at radius 1 is 1.23 bits per heavy atom. The first-order valence-electron chi connectivity index (χ1n) is 3.96. The molecule has 0 radical (unpaired) electrons. The van der Waals surface area contributed by atoms with Crippen LogP contribution < -0.4 is 14.8 Å². The molecular formula is C6H15N3O3S. The Morgan fingerprint density at radius 2 is 1.85 bits per heavy atom. The fourth-order valence-corrected chi connectivity index (χ4v) is 1.52. The van der Waals surface area contributed by atoms with Gasteiger partial charge in [-0.1, -0.05) is 6.92 Å². The molecule has 0 atom stereocenters. The highest BCUT2D eigenvalue weighted by atomic mass is 32.2.